The number of ether oxygens (including phenoxy) is 1. The summed E-state index contributed by atoms with van der Waals surface area (Å²) in [5, 5.41) is 5.77. The molecule has 2 N–H and O–H groups in total. The fourth-order valence-corrected chi connectivity index (χ4v) is 7.67. The van der Waals surface area contributed by atoms with E-state index in [1.54, 1.807) is 43.4 Å². The minimum absolute atomic E-state index is 0.00457. The van der Waals surface area contributed by atoms with Crippen molar-refractivity contribution in [1.82, 2.24) is 29.6 Å². The van der Waals surface area contributed by atoms with Crippen molar-refractivity contribution >= 4 is 29.1 Å². The van der Waals surface area contributed by atoms with E-state index in [2.05, 4.69) is 30.3 Å². The summed E-state index contributed by atoms with van der Waals surface area (Å²) in [5.74, 6) is -1.01. The highest BCUT2D eigenvalue weighted by Gasteiger charge is 2.50. The average Bonchev–Trinajstić information content (AvgIpc) is 3.92. The van der Waals surface area contributed by atoms with Crippen LogP contribution in [0.15, 0.2) is 72.9 Å². The summed E-state index contributed by atoms with van der Waals surface area (Å²) in [6.45, 7) is 6.96. The molecule has 13 heteroatoms. The normalized spacial score (nSPS) is 18.3. The fraction of sp³-hybridized carbons (Fsp3) is 0.400. The average molecular weight is 721 g/mol. The number of amides is 3. The third-order valence-corrected chi connectivity index (χ3v) is 11.0. The third kappa shape index (κ3) is 7.04. The Hall–Kier alpha value is -5.11. The molecule has 12 nitrogen and oxygen atoms in total. The lowest BCUT2D eigenvalue weighted by atomic mass is 9.88. The summed E-state index contributed by atoms with van der Waals surface area (Å²) in [6.07, 6.45) is 4.35. The Kier molecular flexibility index (Phi) is 9.48. The van der Waals surface area contributed by atoms with Gasteiger partial charge in [0.05, 0.1) is 30.7 Å². The Morgan fingerprint density at radius 3 is 2.25 bits per heavy atom. The zero-order valence-corrected chi connectivity index (χ0v) is 30.2. The minimum Gasteiger partial charge on any atom is -0.377 e. The first-order valence-corrected chi connectivity index (χ1v) is 18.3. The highest BCUT2D eigenvalue weighted by atomic mass is 19.1. The number of fused-ring (bicyclic) bond motifs is 2. The number of piperazine rings is 1. The largest absolute Gasteiger partial charge is 0.377 e. The van der Waals surface area contributed by atoms with E-state index >= 15 is 4.39 Å². The molecule has 1 aromatic heterocycles. The van der Waals surface area contributed by atoms with Crippen LogP contribution in [0.5, 0.6) is 0 Å². The van der Waals surface area contributed by atoms with Crippen molar-refractivity contribution in [2.45, 2.75) is 44.1 Å². The molecule has 3 aliphatic heterocycles. The highest BCUT2D eigenvalue weighted by Crippen LogP contribution is 2.40. The van der Waals surface area contributed by atoms with Crippen LogP contribution < -0.4 is 15.5 Å². The summed E-state index contributed by atoms with van der Waals surface area (Å²) < 4.78 is 22.8. The summed E-state index contributed by atoms with van der Waals surface area (Å²) in [4.78, 5) is 51.8. The number of hydrogen-bond donors (Lipinski definition) is 2. The summed E-state index contributed by atoms with van der Waals surface area (Å²) in [5.41, 5.74) is 4.49. The number of halogens is 1. The van der Waals surface area contributed by atoms with Crippen molar-refractivity contribution in [2.75, 3.05) is 70.2 Å². The molecule has 2 saturated heterocycles. The van der Waals surface area contributed by atoms with Crippen molar-refractivity contribution in [1.29, 1.82) is 0 Å². The number of benzene rings is 3. The first-order chi connectivity index (χ1) is 25.7. The van der Waals surface area contributed by atoms with E-state index < -0.39 is 11.7 Å². The van der Waals surface area contributed by atoms with E-state index in [9.17, 15) is 14.4 Å². The van der Waals surface area contributed by atoms with Gasteiger partial charge in [-0.15, -0.1) is 0 Å². The Labute approximate surface area is 308 Å². The second kappa shape index (κ2) is 14.4. The van der Waals surface area contributed by atoms with Gasteiger partial charge in [-0.25, -0.2) is 9.37 Å². The first kappa shape index (κ1) is 34.9. The molecule has 0 atom stereocenters. The standard InChI is InChI=1S/C40H45FN8O4/c1-45(2)39(52)29-7-3-28(4-8-29)24-48-19-20-49-35(40(48)25-53-26-40)23-42-36(49)38(51)43-22-27-5-9-30(10-6-27)44-37(50)33-14-13-32(21-34(33)41)47-17-15-46(16-18-47)31-11-12-31/h3-10,13-14,21,23,31H,11-12,15-20,22,24-26H2,1-2H3,(H,43,51)(H,44,50). The van der Waals surface area contributed by atoms with Gasteiger partial charge in [-0.3, -0.25) is 24.2 Å². The number of nitrogens with zero attached hydrogens (tertiary/aromatic N) is 6. The lowest BCUT2D eigenvalue weighted by Crippen LogP contribution is -2.63. The van der Waals surface area contributed by atoms with E-state index in [-0.39, 0.29) is 29.5 Å². The molecular weight excluding hydrogens is 675 g/mol. The predicted molar refractivity (Wildman–Crippen MR) is 198 cm³/mol. The van der Waals surface area contributed by atoms with E-state index in [1.807, 2.05) is 47.0 Å². The van der Waals surface area contributed by atoms with E-state index in [0.29, 0.717) is 49.9 Å². The number of anilines is 2. The monoisotopic (exact) mass is 720 g/mol. The lowest BCUT2D eigenvalue weighted by Gasteiger charge is -2.52. The minimum atomic E-state index is -0.544. The van der Waals surface area contributed by atoms with Crippen molar-refractivity contribution in [3.05, 3.63) is 113 Å². The molecule has 4 aromatic rings. The van der Waals surface area contributed by atoms with Gasteiger partial charge in [0.2, 0.25) is 0 Å². The highest BCUT2D eigenvalue weighted by molar-refractivity contribution is 6.04. The van der Waals surface area contributed by atoms with Crippen LogP contribution in [-0.2, 0) is 29.9 Å². The van der Waals surface area contributed by atoms with Gasteiger partial charge in [-0.1, -0.05) is 24.3 Å². The van der Waals surface area contributed by atoms with Crippen molar-refractivity contribution in [3.8, 4) is 0 Å². The van der Waals surface area contributed by atoms with E-state index in [0.717, 1.165) is 54.7 Å². The number of rotatable bonds is 10. The van der Waals surface area contributed by atoms with Gasteiger partial charge in [-0.05, 0) is 66.4 Å². The van der Waals surface area contributed by atoms with Crippen LogP contribution in [0.25, 0.3) is 0 Å². The number of hydrogen-bond acceptors (Lipinski definition) is 8. The van der Waals surface area contributed by atoms with Crippen LogP contribution in [0.1, 0.15) is 61.0 Å². The molecule has 1 aliphatic carbocycles. The number of carbonyl (C=O) groups is 3. The Morgan fingerprint density at radius 2 is 1.60 bits per heavy atom. The van der Waals surface area contributed by atoms with Crippen LogP contribution in [0.2, 0.25) is 0 Å². The van der Waals surface area contributed by atoms with Crippen LogP contribution >= 0.6 is 0 Å². The van der Waals surface area contributed by atoms with Crippen LogP contribution in [-0.4, -0.2) is 108 Å². The maximum atomic E-state index is 15.1. The Bertz CT molecular complexity index is 2000. The maximum Gasteiger partial charge on any atom is 0.287 e. The molecule has 276 valence electrons. The lowest BCUT2D eigenvalue weighted by molar-refractivity contribution is -0.162. The van der Waals surface area contributed by atoms with Crippen LogP contribution in [0.4, 0.5) is 15.8 Å². The molecule has 1 spiro atoms. The maximum absolute atomic E-state index is 15.1. The third-order valence-electron chi connectivity index (χ3n) is 11.0. The van der Waals surface area contributed by atoms with Gasteiger partial charge >= 0.3 is 0 Å². The Balaban J connectivity index is 0.851. The SMILES string of the molecule is CN(C)C(=O)c1ccc(CN2CCn3c(cnc3C(=O)NCc3ccc(NC(=O)c4ccc(N5CCN(C6CC6)CC5)cc4F)cc3)C23COC3)cc1. The van der Waals surface area contributed by atoms with Crippen molar-refractivity contribution < 1.29 is 23.5 Å². The van der Waals surface area contributed by atoms with Crippen molar-refractivity contribution in [2.24, 2.45) is 0 Å². The van der Waals surface area contributed by atoms with Crippen LogP contribution in [0.3, 0.4) is 0 Å². The van der Waals surface area contributed by atoms with Gasteiger partial charge in [-0.2, -0.15) is 0 Å². The zero-order valence-electron chi connectivity index (χ0n) is 30.2. The second-order valence-corrected chi connectivity index (χ2v) is 14.7. The van der Waals surface area contributed by atoms with Crippen molar-refractivity contribution in [3.63, 3.8) is 0 Å². The molecule has 0 radical (unpaired) electrons. The predicted octanol–water partition coefficient (Wildman–Crippen LogP) is 3.93. The summed E-state index contributed by atoms with van der Waals surface area (Å²) in [7, 11) is 3.48. The zero-order chi connectivity index (χ0) is 36.7. The number of carbonyl (C=O) groups excluding carboxylic acids is 3. The molecule has 53 heavy (non-hydrogen) atoms. The van der Waals surface area contributed by atoms with E-state index in [1.165, 1.54) is 18.9 Å². The summed E-state index contributed by atoms with van der Waals surface area (Å²) >= 11 is 0. The smallest absolute Gasteiger partial charge is 0.287 e. The molecule has 8 rings (SSSR count). The van der Waals surface area contributed by atoms with Crippen LogP contribution in [0, 0.1) is 5.82 Å². The van der Waals surface area contributed by atoms with Gasteiger partial charge < -0.3 is 29.7 Å². The molecule has 0 unspecified atom stereocenters. The topological polar surface area (TPSA) is 115 Å². The molecule has 0 bridgehead atoms. The molecule has 1 saturated carbocycles. The van der Waals surface area contributed by atoms with E-state index in [4.69, 9.17) is 4.74 Å². The summed E-state index contributed by atoms with van der Waals surface area (Å²) in [6, 6.07) is 20.4. The van der Waals surface area contributed by atoms with Gasteiger partial charge in [0.1, 0.15) is 11.4 Å². The van der Waals surface area contributed by atoms with Gasteiger partial charge in [0.15, 0.2) is 5.82 Å². The molecule has 4 aliphatic rings. The van der Waals surface area contributed by atoms with Gasteiger partial charge in [0, 0.05) is 89.4 Å². The second-order valence-electron chi connectivity index (χ2n) is 14.7. The molecule has 3 aromatic carbocycles. The number of nitrogens with one attached hydrogen (secondary N) is 2. The molecule has 4 heterocycles. The first-order valence-electron chi connectivity index (χ1n) is 18.3. The quantitative estimate of drug-likeness (QED) is 0.254. The molecule has 3 amide bonds. The fourth-order valence-electron chi connectivity index (χ4n) is 7.67. The number of aromatic nitrogens is 2. The van der Waals surface area contributed by atoms with Gasteiger partial charge in [0.25, 0.3) is 17.7 Å². The Morgan fingerprint density at radius 1 is 0.887 bits per heavy atom. The molecule has 3 fully saturated rings. The molecular formula is C40H45FN8O4. The number of imidazole rings is 1.